The van der Waals surface area contributed by atoms with Crippen molar-refractivity contribution in [1.29, 1.82) is 0 Å². The first-order chi connectivity index (χ1) is 20.2. The number of anilines is 1. The molecule has 0 radical (unpaired) electrons. The molecule has 0 saturated carbocycles. The molecule has 4 rings (SSSR count). The van der Waals surface area contributed by atoms with Crippen LogP contribution in [0.4, 0.5) is 5.69 Å². The molecule has 1 N–H and O–H groups in total. The van der Waals surface area contributed by atoms with Gasteiger partial charge in [0.25, 0.3) is 0 Å². The zero-order chi connectivity index (χ0) is 30.1. The Kier molecular flexibility index (Phi) is 10.7. The van der Waals surface area contributed by atoms with E-state index in [-0.39, 0.29) is 44.5 Å². The second kappa shape index (κ2) is 14.4. The molecular formula is C31H36ClN3O6S. The molecule has 0 unspecified atom stereocenters. The van der Waals surface area contributed by atoms with E-state index in [4.69, 9.17) is 21.1 Å². The van der Waals surface area contributed by atoms with Crippen LogP contribution < -0.4 is 19.1 Å². The minimum Gasteiger partial charge on any atom is -0.454 e. The van der Waals surface area contributed by atoms with Crippen LogP contribution in [0, 0.1) is 0 Å². The first kappa shape index (κ1) is 31.2. The number of nitrogens with one attached hydrogen (secondary N) is 1. The van der Waals surface area contributed by atoms with Crippen molar-refractivity contribution in [2.75, 3.05) is 30.4 Å². The molecule has 0 saturated heterocycles. The summed E-state index contributed by atoms with van der Waals surface area (Å²) in [6.07, 6.45) is 2.48. The van der Waals surface area contributed by atoms with Gasteiger partial charge in [0.1, 0.15) is 6.04 Å². The Morgan fingerprint density at radius 1 is 0.976 bits per heavy atom. The number of sulfonamides is 1. The summed E-state index contributed by atoms with van der Waals surface area (Å²) >= 11 is 6.24. The number of fused-ring (bicyclic) bond motifs is 1. The van der Waals surface area contributed by atoms with Gasteiger partial charge in [-0.3, -0.25) is 13.9 Å². The first-order valence-corrected chi connectivity index (χ1v) is 16.1. The van der Waals surface area contributed by atoms with Crippen molar-refractivity contribution in [3.05, 3.63) is 88.9 Å². The third-order valence-electron chi connectivity index (χ3n) is 6.86. The van der Waals surface area contributed by atoms with Gasteiger partial charge in [-0.1, -0.05) is 61.0 Å². The molecular weight excluding hydrogens is 578 g/mol. The summed E-state index contributed by atoms with van der Waals surface area (Å²) in [5.41, 5.74) is 2.13. The lowest BCUT2D eigenvalue weighted by molar-refractivity contribution is -0.141. The molecule has 1 aliphatic heterocycles. The molecule has 0 bridgehead atoms. The molecule has 0 aromatic heterocycles. The van der Waals surface area contributed by atoms with Crippen LogP contribution >= 0.6 is 11.6 Å². The number of benzene rings is 3. The van der Waals surface area contributed by atoms with Gasteiger partial charge < -0.3 is 19.7 Å². The minimum atomic E-state index is -3.65. The number of carbonyl (C=O) groups is 2. The summed E-state index contributed by atoms with van der Waals surface area (Å²) in [5, 5.41) is 3.48. The third kappa shape index (κ3) is 8.39. The molecule has 0 aliphatic carbocycles. The minimum absolute atomic E-state index is 0.0312. The Labute approximate surface area is 252 Å². The molecule has 1 atom stereocenters. The molecule has 11 heteroatoms. The first-order valence-electron chi connectivity index (χ1n) is 13.9. The molecule has 9 nitrogen and oxygen atoms in total. The third-order valence-corrected chi connectivity index (χ3v) is 8.29. The Morgan fingerprint density at radius 2 is 1.71 bits per heavy atom. The molecule has 0 fully saturated rings. The predicted molar refractivity (Wildman–Crippen MR) is 163 cm³/mol. The molecule has 3 aromatic carbocycles. The lowest BCUT2D eigenvalue weighted by Gasteiger charge is -2.32. The quantitative estimate of drug-likeness (QED) is 0.281. The Bertz CT molecular complexity index is 1480. The topological polar surface area (TPSA) is 105 Å². The van der Waals surface area contributed by atoms with E-state index >= 15 is 0 Å². The van der Waals surface area contributed by atoms with Crippen LogP contribution in [0.2, 0.25) is 5.02 Å². The van der Waals surface area contributed by atoms with Gasteiger partial charge in [0.15, 0.2) is 11.5 Å². The standard InChI is InChI=1S/C31H36ClN3O6S/c1-3-16-33-31(37)27(19-23-9-5-4-6-10-23)34(21-24-11-7-12-25(32)18-24)30(36)13-8-17-35(42(2,38)39)26-14-15-28-29(20-26)41-22-40-28/h4-7,9-12,14-15,18,20,27H,3,8,13,16-17,19,21-22H2,1-2H3,(H,33,37)/t27-/m0/s1. The highest BCUT2D eigenvalue weighted by atomic mass is 35.5. The van der Waals surface area contributed by atoms with Gasteiger partial charge in [0, 0.05) is 43.6 Å². The zero-order valence-electron chi connectivity index (χ0n) is 23.8. The van der Waals surface area contributed by atoms with Gasteiger partial charge in [0.2, 0.25) is 28.6 Å². The van der Waals surface area contributed by atoms with Crippen LogP contribution in [0.3, 0.4) is 0 Å². The zero-order valence-corrected chi connectivity index (χ0v) is 25.4. The van der Waals surface area contributed by atoms with Gasteiger partial charge in [-0.25, -0.2) is 8.42 Å². The lowest BCUT2D eigenvalue weighted by atomic mass is 10.0. The largest absolute Gasteiger partial charge is 0.454 e. The summed E-state index contributed by atoms with van der Waals surface area (Å²) in [7, 11) is -3.65. The van der Waals surface area contributed by atoms with E-state index < -0.39 is 16.1 Å². The van der Waals surface area contributed by atoms with Crippen LogP contribution in [-0.2, 0) is 32.6 Å². The smallest absolute Gasteiger partial charge is 0.243 e. The summed E-state index contributed by atoms with van der Waals surface area (Å²) < 4.78 is 37.4. The molecule has 1 heterocycles. The number of ether oxygens (including phenoxy) is 2. The monoisotopic (exact) mass is 613 g/mol. The van der Waals surface area contributed by atoms with Gasteiger partial charge in [-0.05, 0) is 48.2 Å². The summed E-state index contributed by atoms with van der Waals surface area (Å²) in [4.78, 5) is 28.9. The van der Waals surface area contributed by atoms with E-state index in [9.17, 15) is 18.0 Å². The van der Waals surface area contributed by atoms with E-state index in [0.29, 0.717) is 35.2 Å². The van der Waals surface area contributed by atoms with E-state index in [0.717, 1.165) is 23.8 Å². The summed E-state index contributed by atoms with van der Waals surface area (Å²) in [6.45, 7) is 2.77. The van der Waals surface area contributed by atoms with E-state index in [2.05, 4.69) is 5.32 Å². The fourth-order valence-electron chi connectivity index (χ4n) is 4.80. The van der Waals surface area contributed by atoms with Crippen molar-refractivity contribution in [3.8, 4) is 11.5 Å². The molecule has 42 heavy (non-hydrogen) atoms. The van der Waals surface area contributed by atoms with Crippen LogP contribution in [-0.4, -0.2) is 57.3 Å². The van der Waals surface area contributed by atoms with Gasteiger partial charge in [-0.2, -0.15) is 0 Å². The summed E-state index contributed by atoms with van der Waals surface area (Å²) in [6, 6.07) is 20.9. The number of nitrogens with zero attached hydrogens (tertiary/aromatic N) is 2. The number of amides is 2. The van der Waals surface area contributed by atoms with Crippen LogP contribution in [0.25, 0.3) is 0 Å². The molecule has 224 valence electrons. The van der Waals surface area contributed by atoms with Crippen molar-refractivity contribution >= 4 is 39.1 Å². The Hall–Kier alpha value is -3.76. The van der Waals surface area contributed by atoms with Crippen molar-refractivity contribution in [1.82, 2.24) is 10.2 Å². The number of hydrogen-bond donors (Lipinski definition) is 1. The highest BCUT2D eigenvalue weighted by Gasteiger charge is 2.30. The maximum atomic E-state index is 13.9. The predicted octanol–water partition coefficient (Wildman–Crippen LogP) is 4.78. The van der Waals surface area contributed by atoms with Crippen molar-refractivity contribution in [3.63, 3.8) is 0 Å². The van der Waals surface area contributed by atoms with E-state index in [1.165, 1.54) is 4.31 Å². The average Bonchev–Trinajstić information content (AvgIpc) is 3.44. The van der Waals surface area contributed by atoms with Gasteiger partial charge in [-0.15, -0.1) is 0 Å². The SMILES string of the molecule is CCCNC(=O)[C@H](Cc1ccccc1)N(Cc1cccc(Cl)c1)C(=O)CCCN(c1ccc2c(c1)OCO2)S(C)(=O)=O. The second-order valence-electron chi connectivity index (χ2n) is 10.1. The van der Waals surface area contributed by atoms with Crippen LogP contribution in [0.15, 0.2) is 72.8 Å². The summed E-state index contributed by atoms with van der Waals surface area (Å²) in [5.74, 6) is 0.507. The molecule has 3 aromatic rings. The van der Waals surface area contributed by atoms with Gasteiger partial charge in [0.05, 0.1) is 11.9 Å². The van der Waals surface area contributed by atoms with E-state index in [1.807, 2.05) is 43.3 Å². The average molecular weight is 614 g/mol. The van der Waals surface area contributed by atoms with Crippen LogP contribution in [0.5, 0.6) is 11.5 Å². The maximum absolute atomic E-state index is 13.9. The Morgan fingerprint density at radius 3 is 2.43 bits per heavy atom. The number of halogens is 1. The van der Waals surface area contributed by atoms with Crippen molar-refractivity contribution in [2.24, 2.45) is 0 Å². The van der Waals surface area contributed by atoms with Crippen LogP contribution in [0.1, 0.15) is 37.3 Å². The second-order valence-corrected chi connectivity index (χ2v) is 12.5. The van der Waals surface area contributed by atoms with E-state index in [1.54, 1.807) is 41.3 Å². The number of rotatable bonds is 14. The Balaban J connectivity index is 1.56. The molecule has 0 spiro atoms. The van der Waals surface area contributed by atoms with Crippen molar-refractivity contribution < 1.29 is 27.5 Å². The highest BCUT2D eigenvalue weighted by molar-refractivity contribution is 7.92. The molecule has 2 amide bonds. The highest BCUT2D eigenvalue weighted by Crippen LogP contribution is 2.36. The van der Waals surface area contributed by atoms with Gasteiger partial charge >= 0.3 is 0 Å². The fourth-order valence-corrected chi connectivity index (χ4v) is 5.97. The number of hydrogen-bond acceptors (Lipinski definition) is 6. The normalized spacial score (nSPS) is 12.9. The maximum Gasteiger partial charge on any atom is 0.243 e. The number of carbonyl (C=O) groups excluding carboxylic acids is 2. The molecule has 1 aliphatic rings. The van der Waals surface area contributed by atoms with Crippen molar-refractivity contribution in [2.45, 2.75) is 45.2 Å². The fraction of sp³-hybridized carbons (Fsp3) is 0.355. The lowest BCUT2D eigenvalue weighted by Crippen LogP contribution is -2.50.